The number of ether oxygens (including phenoxy) is 2. The Morgan fingerprint density at radius 3 is 2.47 bits per heavy atom. The van der Waals surface area contributed by atoms with Gasteiger partial charge in [0.15, 0.2) is 0 Å². The van der Waals surface area contributed by atoms with Crippen LogP contribution >= 0.6 is 0 Å². The van der Waals surface area contributed by atoms with Gasteiger partial charge in [0.1, 0.15) is 11.5 Å². The molecule has 3 rings (SSSR count). The molecule has 0 aliphatic heterocycles. The van der Waals surface area contributed by atoms with Crippen LogP contribution in [0.3, 0.4) is 0 Å². The van der Waals surface area contributed by atoms with Crippen molar-refractivity contribution in [2.45, 2.75) is 11.4 Å². The van der Waals surface area contributed by atoms with Gasteiger partial charge in [0.25, 0.3) is 15.9 Å². The van der Waals surface area contributed by atoms with Gasteiger partial charge in [-0.2, -0.15) is 0 Å². The van der Waals surface area contributed by atoms with Gasteiger partial charge in [-0.3, -0.25) is 9.63 Å². The van der Waals surface area contributed by atoms with E-state index < -0.39 is 15.9 Å². The molecule has 0 fully saturated rings. The number of nitrogens with zero attached hydrogens (tertiary/aromatic N) is 2. The van der Waals surface area contributed by atoms with Crippen LogP contribution in [0.1, 0.15) is 15.9 Å². The van der Waals surface area contributed by atoms with Gasteiger partial charge in [0.05, 0.1) is 19.1 Å². The molecule has 2 aromatic carbocycles. The van der Waals surface area contributed by atoms with Gasteiger partial charge < -0.3 is 14.8 Å². The van der Waals surface area contributed by atoms with Crippen molar-refractivity contribution in [1.82, 2.24) is 14.8 Å². The van der Waals surface area contributed by atoms with E-state index in [0.717, 1.165) is 10.0 Å². The Balaban J connectivity index is 1.62. The van der Waals surface area contributed by atoms with Gasteiger partial charge in [0, 0.05) is 37.5 Å². The summed E-state index contributed by atoms with van der Waals surface area (Å²) in [6.45, 7) is 0.209. The third kappa shape index (κ3) is 5.61. The first kappa shape index (κ1) is 23.2. The van der Waals surface area contributed by atoms with E-state index in [9.17, 15) is 13.2 Å². The number of benzene rings is 2. The number of rotatable bonds is 9. The highest BCUT2D eigenvalue weighted by Crippen LogP contribution is 2.24. The molecule has 9 nitrogen and oxygen atoms in total. The van der Waals surface area contributed by atoms with Crippen molar-refractivity contribution >= 4 is 15.9 Å². The number of carbonyl (C=O) groups excluding carboxylic acids is 1. The minimum Gasteiger partial charge on any atom is -0.497 e. The molecule has 32 heavy (non-hydrogen) atoms. The Bertz CT molecular complexity index is 1180. The molecule has 1 N–H and O–H groups in total. The summed E-state index contributed by atoms with van der Waals surface area (Å²) in [4.78, 5) is 21.4. The minimum absolute atomic E-state index is 0.0461. The summed E-state index contributed by atoms with van der Waals surface area (Å²) < 4.78 is 36.3. The van der Waals surface area contributed by atoms with Gasteiger partial charge >= 0.3 is 0 Å². The number of nitrogens with one attached hydrogen (secondary N) is 1. The lowest BCUT2D eigenvalue weighted by Crippen LogP contribution is -2.27. The van der Waals surface area contributed by atoms with Crippen LogP contribution in [0.25, 0.3) is 0 Å². The number of hydroxylamine groups is 1. The van der Waals surface area contributed by atoms with Crippen molar-refractivity contribution in [3.05, 3.63) is 78.0 Å². The fourth-order valence-corrected chi connectivity index (χ4v) is 3.71. The van der Waals surface area contributed by atoms with Crippen LogP contribution in [0.15, 0.2) is 71.8 Å². The maximum absolute atomic E-state index is 12.5. The van der Waals surface area contributed by atoms with Crippen molar-refractivity contribution < 1.29 is 27.5 Å². The molecular weight excluding hydrogens is 434 g/mol. The maximum atomic E-state index is 12.5. The molecule has 0 saturated heterocycles. The van der Waals surface area contributed by atoms with E-state index in [1.165, 1.54) is 38.4 Å². The first-order valence-corrected chi connectivity index (χ1v) is 11.0. The number of carbonyl (C=O) groups is 1. The predicted molar refractivity (Wildman–Crippen MR) is 117 cm³/mol. The summed E-state index contributed by atoms with van der Waals surface area (Å²) in [6, 6.07) is 16.3. The molecule has 0 aliphatic rings. The second-order valence-electron chi connectivity index (χ2n) is 6.59. The number of hydrogen-bond acceptors (Lipinski definition) is 7. The number of sulfonamides is 1. The van der Waals surface area contributed by atoms with Crippen LogP contribution in [0.4, 0.5) is 0 Å². The van der Waals surface area contributed by atoms with Crippen LogP contribution in [0, 0.1) is 0 Å². The van der Waals surface area contributed by atoms with Crippen molar-refractivity contribution in [2.75, 3.05) is 21.3 Å². The lowest BCUT2D eigenvalue weighted by molar-refractivity contribution is -0.0258. The molecular formula is C22H23N3O6S. The molecule has 168 valence electrons. The first-order valence-electron chi connectivity index (χ1n) is 9.51. The summed E-state index contributed by atoms with van der Waals surface area (Å²) in [7, 11) is 0.249. The first-order chi connectivity index (χ1) is 15.3. The molecule has 1 amide bonds. The molecule has 1 heterocycles. The zero-order valence-electron chi connectivity index (χ0n) is 17.8. The van der Waals surface area contributed by atoms with Crippen molar-refractivity contribution in [3.63, 3.8) is 0 Å². The molecule has 0 radical (unpaired) electrons. The quantitative estimate of drug-likeness (QED) is 0.492. The number of methoxy groups -OCH3 is 1. The highest BCUT2D eigenvalue weighted by atomic mass is 32.2. The van der Waals surface area contributed by atoms with E-state index in [1.54, 1.807) is 37.6 Å². The van der Waals surface area contributed by atoms with Gasteiger partial charge in [-0.1, -0.05) is 22.7 Å². The Hall–Kier alpha value is -3.47. The Labute approximate surface area is 186 Å². The van der Waals surface area contributed by atoms with Gasteiger partial charge in [-0.15, -0.1) is 0 Å². The largest absolute Gasteiger partial charge is 0.497 e. The SMILES string of the molecule is COc1cccc(Oc2ccc(CNC(=O)c3cccc(S(=O)(=O)N(C)OC)c3)cn2)c1. The van der Waals surface area contributed by atoms with E-state index >= 15 is 0 Å². The third-order valence-electron chi connectivity index (χ3n) is 4.50. The topological polar surface area (TPSA) is 107 Å². The molecule has 0 unspecified atom stereocenters. The third-order valence-corrected chi connectivity index (χ3v) is 6.18. The normalized spacial score (nSPS) is 11.2. The summed E-state index contributed by atoms with van der Waals surface area (Å²) in [5.41, 5.74) is 0.959. The van der Waals surface area contributed by atoms with E-state index in [1.807, 2.05) is 12.1 Å². The molecule has 10 heteroatoms. The number of amides is 1. The summed E-state index contributed by atoms with van der Waals surface area (Å²) in [6.07, 6.45) is 1.59. The molecule has 0 atom stereocenters. The fraction of sp³-hybridized carbons (Fsp3) is 0.182. The Kier molecular flexibility index (Phi) is 7.41. The molecule has 0 bridgehead atoms. The Morgan fingerprint density at radius 2 is 1.78 bits per heavy atom. The second kappa shape index (κ2) is 10.2. The summed E-state index contributed by atoms with van der Waals surface area (Å²) in [5.74, 6) is 1.24. The van der Waals surface area contributed by atoms with Crippen LogP contribution < -0.4 is 14.8 Å². The van der Waals surface area contributed by atoms with E-state index in [2.05, 4.69) is 10.3 Å². The highest BCUT2D eigenvalue weighted by Gasteiger charge is 2.21. The van der Waals surface area contributed by atoms with Crippen LogP contribution in [0.5, 0.6) is 17.4 Å². The van der Waals surface area contributed by atoms with E-state index in [-0.39, 0.29) is 17.0 Å². The minimum atomic E-state index is -3.85. The zero-order valence-corrected chi connectivity index (χ0v) is 18.6. The average molecular weight is 458 g/mol. The van der Waals surface area contributed by atoms with Gasteiger partial charge in [-0.25, -0.2) is 13.4 Å². The summed E-state index contributed by atoms with van der Waals surface area (Å²) >= 11 is 0. The van der Waals surface area contributed by atoms with E-state index in [4.69, 9.17) is 14.3 Å². The lowest BCUT2D eigenvalue weighted by atomic mass is 10.2. The standard InChI is InChI=1S/C22H23N3O6S/c1-25(30-3)32(27,28)20-9-4-6-17(12-20)22(26)24-15-16-10-11-21(23-14-16)31-19-8-5-7-18(13-19)29-2/h4-14H,15H2,1-3H3,(H,24,26). The van der Waals surface area contributed by atoms with Gasteiger partial charge in [-0.05, 0) is 35.9 Å². The highest BCUT2D eigenvalue weighted by molar-refractivity contribution is 7.89. The number of aromatic nitrogens is 1. The Morgan fingerprint density at radius 1 is 1.03 bits per heavy atom. The smallest absolute Gasteiger partial charge is 0.264 e. The van der Waals surface area contributed by atoms with E-state index in [0.29, 0.717) is 17.4 Å². The molecule has 0 saturated carbocycles. The second-order valence-corrected chi connectivity index (χ2v) is 8.53. The fourth-order valence-electron chi connectivity index (χ4n) is 2.69. The molecule has 1 aromatic heterocycles. The maximum Gasteiger partial charge on any atom is 0.264 e. The van der Waals surface area contributed by atoms with Crippen molar-refractivity contribution in [1.29, 1.82) is 0 Å². The van der Waals surface area contributed by atoms with Crippen molar-refractivity contribution in [2.24, 2.45) is 0 Å². The van der Waals surface area contributed by atoms with Gasteiger partial charge in [0.2, 0.25) is 5.88 Å². The van der Waals surface area contributed by atoms with Crippen molar-refractivity contribution in [3.8, 4) is 17.4 Å². The average Bonchev–Trinajstić information content (AvgIpc) is 2.83. The number of pyridine rings is 1. The predicted octanol–water partition coefficient (Wildman–Crippen LogP) is 2.99. The summed E-state index contributed by atoms with van der Waals surface area (Å²) in [5, 5.41) is 2.75. The lowest BCUT2D eigenvalue weighted by Gasteiger charge is -2.14. The monoisotopic (exact) mass is 457 g/mol. The molecule has 3 aromatic rings. The van der Waals surface area contributed by atoms with Crippen LogP contribution in [0.2, 0.25) is 0 Å². The molecule has 0 spiro atoms. The number of hydrogen-bond donors (Lipinski definition) is 1. The van der Waals surface area contributed by atoms with Crippen LogP contribution in [-0.2, 0) is 21.4 Å². The molecule has 0 aliphatic carbocycles. The van der Waals surface area contributed by atoms with Crippen LogP contribution in [-0.4, -0.2) is 45.0 Å². The zero-order chi connectivity index (χ0) is 23.1.